The van der Waals surface area contributed by atoms with E-state index >= 15 is 0 Å². The van der Waals surface area contributed by atoms with Gasteiger partial charge in [-0.15, -0.1) is 11.3 Å². The maximum atomic E-state index is 13.4. The molecule has 2 amide bonds. The fourth-order valence-corrected chi connectivity index (χ4v) is 6.44. The van der Waals surface area contributed by atoms with Gasteiger partial charge in [0, 0.05) is 50.1 Å². The Hall–Kier alpha value is -1.99. The van der Waals surface area contributed by atoms with Gasteiger partial charge in [-0.2, -0.15) is 0 Å². The van der Waals surface area contributed by atoms with Gasteiger partial charge < -0.3 is 14.5 Å². The first-order valence-electron chi connectivity index (χ1n) is 11.2. The Kier molecular flexibility index (Phi) is 5.74. The molecule has 30 heavy (non-hydrogen) atoms. The van der Waals surface area contributed by atoms with E-state index in [0.29, 0.717) is 44.5 Å². The third kappa shape index (κ3) is 3.85. The number of fused-ring (bicyclic) bond motifs is 1. The minimum Gasteiger partial charge on any atom is -0.378 e. The van der Waals surface area contributed by atoms with Crippen LogP contribution in [-0.2, 0) is 9.53 Å². The fraction of sp³-hybridized carbons (Fsp3) is 0.609. The molecule has 6 nitrogen and oxygen atoms in total. The summed E-state index contributed by atoms with van der Waals surface area (Å²) in [5.41, 5.74) is 1.11. The molecule has 0 aromatic carbocycles. The van der Waals surface area contributed by atoms with E-state index in [9.17, 15) is 9.59 Å². The van der Waals surface area contributed by atoms with Crippen molar-refractivity contribution in [2.45, 2.75) is 44.4 Å². The van der Waals surface area contributed by atoms with Crippen molar-refractivity contribution in [3.05, 3.63) is 28.8 Å². The summed E-state index contributed by atoms with van der Waals surface area (Å²) < 4.78 is 5.42. The van der Waals surface area contributed by atoms with Crippen molar-refractivity contribution in [1.29, 1.82) is 0 Å². The van der Waals surface area contributed by atoms with E-state index in [2.05, 4.69) is 11.1 Å². The molecule has 160 valence electrons. The SMILES string of the molecule is O=C(CC1CCCC1)N1CC[C@H](c2c(C(=O)N3CCOCC3)sc3ncccc23)C1. The molecule has 1 atom stereocenters. The van der Waals surface area contributed by atoms with Gasteiger partial charge in [0.2, 0.25) is 5.91 Å². The number of thiophene rings is 1. The number of morpholine rings is 1. The lowest BCUT2D eigenvalue weighted by molar-refractivity contribution is -0.131. The first kappa shape index (κ1) is 19.9. The number of hydrogen-bond donors (Lipinski definition) is 0. The highest BCUT2D eigenvalue weighted by atomic mass is 32.1. The molecule has 1 saturated carbocycles. The molecule has 3 fully saturated rings. The number of amides is 2. The van der Waals surface area contributed by atoms with E-state index in [1.54, 1.807) is 6.20 Å². The highest BCUT2D eigenvalue weighted by Crippen LogP contribution is 2.40. The molecule has 2 aliphatic heterocycles. The smallest absolute Gasteiger partial charge is 0.264 e. The minimum absolute atomic E-state index is 0.0898. The second-order valence-corrected chi connectivity index (χ2v) is 9.78. The zero-order chi connectivity index (χ0) is 20.5. The second-order valence-electron chi connectivity index (χ2n) is 8.79. The third-order valence-corrected chi connectivity index (χ3v) is 8.00. The monoisotopic (exact) mass is 427 g/mol. The average molecular weight is 428 g/mol. The van der Waals surface area contributed by atoms with Gasteiger partial charge in [-0.1, -0.05) is 18.9 Å². The number of carbonyl (C=O) groups excluding carboxylic acids is 2. The molecule has 7 heteroatoms. The van der Waals surface area contributed by atoms with E-state index < -0.39 is 0 Å². The number of rotatable bonds is 4. The van der Waals surface area contributed by atoms with Gasteiger partial charge in [-0.25, -0.2) is 4.98 Å². The van der Waals surface area contributed by atoms with Crippen LogP contribution in [-0.4, -0.2) is 66.0 Å². The molecule has 2 aromatic heterocycles. The molecule has 5 rings (SSSR count). The van der Waals surface area contributed by atoms with Crippen LogP contribution >= 0.6 is 11.3 Å². The normalized spacial score (nSPS) is 22.9. The van der Waals surface area contributed by atoms with Crippen LogP contribution in [0.25, 0.3) is 10.2 Å². The highest BCUT2D eigenvalue weighted by molar-refractivity contribution is 7.20. The van der Waals surface area contributed by atoms with E-state index in [1.165, 1.54) is 37.0 Å². The third-order valence-electron chi connectivity index (χ3n) is 6.88. The van der Waals surface area contributed by atoms with Crippen molar-refractivity contribution >= 4 is 33.4 Å². The van der Waals surface area contributed by atoms with Crippen molar-refractivity contribution in [2.75, 3.05) is 39.4 Å². The molecule has 1 aliphatic carbocycles. The highest BCUT2D eigenvalue weighted by Gasteiger charge is 2.35. The minimum atomic E-state index is 0.0898. The number of hydrogen-bond acceptors (Lipinski definition) is 5. The Morgan fingerprint density at radius 1 is 1.10 bits per heavy atom. The number of aromatic nitrogens is 1. The van der Waals surface area contributed by atoms with Crippen LogP contribution in [0.2, 0.25) is 0 Å². The number of carbonyl (C=O) groups is 2. The zero-order valence-electron chi connectivity index (χ0n) is 17.3. The van der Waals surface area contributed by atoms with Gasteiger partial charge >= 0.3 is 0 Å². The van der Waals surface area contributed by atoms with Crippen molar-refractivity contribution in [3.63, 3.8) is 0 Å². The Bertz CT molecular complexity index is 931. The number of nitrogens with zero attached hydrogens (tertiary/aromatic N) is 3. The number of ether oxygens (including phenoxy) is 1. The van der Waals surface area contributed by atoms with Crippen LogP contribution in [0.5, 0.6) is 0 Å². The van der Waals surface area contributed by atoms with Crippen LogP contribution < -0.4 is 0 Å². The molecule has 0 spiro atoms. The standard InChI is InChI=1S/C23H29N3O3S/c27-19(14-16-4-1-2-5-16)26-9-7-17(15-26)20-18-6-3-8-24-22(18)30-21(20)23(28)25-10-12-29-13-11-25/h3,6,8,16-17H,1-2,4-5,7,9-15H2/t17-/m0/s1. The molecule has 0 N–H and O–H groups in total. The molecule has 0 unspecified atom stereocenters. The first-order chi connectivity index (χ1) is 14.7. The summed E-state index contributed by atoms with van der Waals surface area (Å²) in [7, 11) is 0. The lowest BCUT2D eigenvalue weighted by atomic mass is 9.95. The van der Waals surface area contributed by atoms with Crippen molar-refractivity contribution in [1.82, 2.24) is 14.8 Å². The Morgan fingerprint density at radius 3 is 2.70 bits per heavy atom. The van der Waals surface area contributed by atoms with E-state index in [1.807, 2.05) is 15.9 Å². The average Bonchev–Trinajstić information content (AvgIpc) is 3.53. The molecule has 2 aromatic rings. The quantitative estimate of drug-likeness (QED) is 0.747. The Morgan fingerprint density at radius 2 is 1.90 bits per heavy atom. The van der Waals surface area contributed by atoms with E-state index in [0.717, 1.165) is 40.2 Å². The molecular weight excluding hydrogens is 398 g/mol. The summed E-state index contributed by atoms with van der Waals surface area (Å²) in [6.45, 7) is 3.97. The summed E-state index contributed by atoms with van der Waals surface area (Å²) in [6, 6.07) is 4.02. The summed E-state index contributed by atoms with van der Waals surface area (Å²) in [4.78, 5) is 36.4. The largest absolute Gasteiger partial charge is 0.378 e. The first-order valence-corrected chi connectivity index (χ1v) is 12.0. The van der Waals surface area contributed by atoms with Gasteiger partial charge in [0.1, 0.15) is 4.83 Å². The maximum Gasteiger partial charge on any atom is 0.264 e. The van der Waals surface area contributed by atoms with Gasteiger partial charge in [0.05, 0.1) is 18.1 Å². The maximum absolute atomic E-state index is 13.4. The molecular formula is C23H29N3O3S. The zero-order valence-corrected chi connectivity index (χ0v) is 18.2. The molecule has 2 saturated heterocycles. The van der Waals surface area contributed by atoms with Crippen LogP contribution in [0, 0.1) is 5.92 Å². The predicted octanol–water partition coefficient (Wildman–Crippen LogP) is 3.66. The summed E-state index contributed by atoms with van der Waals surface area (Å²) in [5.74, 6) is 1.16. The van der Waals surface area contributed by atoms with Crippen molar-refractivity contribution in [2.24, 2.45) is 5.92 Å². The molecule has 0 bridgehead atoms. The van der Waals surface area contributed by atoms with Crippen molar-refractivity contribution in [3.8, 4) is 0 Å². The Labute approximate surface area is 181 Å². The van der Waals surface area contributed by atoms with Crippen LogP contribution in [0.3, 0.4) is 0 Å². The number of likely N-dealkylation sites (tertiary alicyclic amines) is 1. The second kappa shape index (κ2) is 8.63. The van der Waals surface area contributed by atoms with E-state index in [4.69, 9.17) is 4.74 Å². The topological polar surface area (TPSA) is 62.7 Å². The molecule has 0 radical (unpaired) electrons. The summed E-state index contributed by atoms with van der Waals surface area (Å²) in [5, 5.41) is 1.08. The lowest BCUT2D eigenvalue weighted by Crippen LogP contribution is -2.40. The van der Waals surface area contributed by atoms with Gasteiger partial charge in [-0.05, 0) is 36.8 Å². The van der Waals surface area contributed by atoms with Crippen LogP contribution in [0.1, 0.15) is 59.7 Å². The summed E-state index contributed by atoms with van der Waals surface area (Å²) >= 11 is 1.50. The molecule has 4 heterocycles. The Balaban J connectivity index is 1.39. The van der Waals surface area contributed by atoms with Gasteiger partial charge in [0.25, 0.3) is 5.91 Å². The lowest BCUT2D eigenvalue weighted by Gasteiger charge is -2.27. The predicted molar refractivity (Wildman–Crippen MR) is 117 cm³/mol. The summed E-state index contributed by atoms with van der Waals surface area (Å²) in [6.07, 6.45) is 8.32. The van der Waals surface area contributed by atoms with Crippen LogP contribution in [0.15, 0.2) is 18.3 Å². The van der Waals surface area contributed by atoms with Gasteiger partial charge in [0.15, 0.2) is 0 Å². The fourth-order valence-electron chi connectivity index (χ4n) is 5.24. The van der Waals surface area contributed by atoms with Crippen molar-refractivity contribution < 1.29 is 14.3 Å². The van der Waals surface area contributed by atoms with Crippen LogP contribution in [0.4, 0.5) is 0 Å². The number of pyridine rings is 1. The van der Waals surface area contributed by atoms with Gasteiger partial charge in [-0.3, -0.25) is 9.59 Å². The van der Waals surface area contributed by atoms with E-state index in [-0.39, 0.29) is 11.8 Å². The molecule has 3 aliphatic rings.